The minimum atomic E-state index is -0.133. The number of hydrogen-bond acceptors (Lipinski definition) is 6. The van der Waals surface area contributed by atoms with Gasteiger partial charge in [0, 0.05) is 13.5 Å². The molecule has 0 fully saturated rings. The molecule has 0 unspecified atom stereocenters. The minimum Gasteiger partial charge on any atom is -0.508 e. The molecule has 0 bridgehead atoms. The van der Waals surface area contributed by atoms with Crippen molar-refractivity contribution in [2.45, 2.75) is 26.2 Å². The van der Waals surface area contributed by atoms with E-state index in [9.17, 15) is 9.90 Å². The number of carbonyl (C=O) groups excluding carboxylic acids is 1. The van der Waals surface area contributed by atoms with Crippen molar-refractivity contribution in [2.75, 3.05) is 18.6 Å². The van der Waals surface area contributed by atoms with Gasteiger partial charge in [-0.3, -0.25) is 9.79 Å². The molecule has 0 aromatic heterocycles. The third-order valence-electron chi connectivity index (χ3n) is 3.37. The molecule has 0 saturated heterocycles. The van der Waals surface area contributed by atoms with Crippen molar-refractivity contribution in [3.05, 3.63) is 64.4 Å². The summed E-state index contributed by atoms with van der Waals surface area (Å²) in [4.78, 5) is 18.4. The van der Waals surface area contributed by atoms with Crippen molar-refractivity contribution < 1.29 is 9.90 Å². The fraction of sp³-hybridized carbons (Fsp3) is 0.333. The molecule has 0 spiro atoms. The van der Waals surface area contributed by atoms with Crippen LogP contribution in [-0.4, -0.2) is 34.6 Å². The quantitative estimate of drug-likeness (QED) is 0.254. The molecule has 0 atom stereocenters. The van der Waals surface area contributed by atoms with Crippen LogP contribution < -0.4 is 5.32 Å². The summed E-state index contributed by atoms with van der Waals surface area (Å²) < 4.78 is 0. The zero-order chi connectivity index (χ0) is 20.9. The van der Waals surface area contributed by atoms with Crippen LogP contribution in [0.25, 0.3) is 0 Å². The number of amides is 1. The van der Waals surface area contributed by atoms with Crippen molar-refractivity contribution in [1.29, 1.82) is 0 Å². The van der Waals surface area contributed by atoms with Gasteiger partial charge in [-0.15, -0.1) is 0 Å². The van der Waals surface area contributed by atoms with Crippen LogP contribution in [0.1, 0.15) is 25.3 Å². The van der Waals surface area contributed by atoms with Crippen molar-refractivity contribution in [3.63, 3.8) is 0 Å². The number of nitrogens with one attached hydrogen (secondary N) is 1. The maximum atomic E-state index is 12.1. The highest BCUT2D eigenvalue weighted by atomic mass is 32.2. The number of rotatable bonds is 12. The molecule has 0 heterocycles. The van der Waals surface area contributed by atoms with E-state index in [1.807, 2.05) is 25.7 Å². The Kier molecular flexibility index (Phi) is 11.9. The molecule has 1 amide bonds. The molecule has 2 N–H and O–H groups in total. The van der Waals surface area contributed by atoms with Crippen LogP contribution in [0.4, 0.5) is 0 Å². The highest BCUT2D eigenvalue weighted by Gasteiger charge is 2.07. The van der Waals surface area contributed by atoms with E-state index >= 15 is 0 Å². The number of phenols is 1. The van der Waals surface area contributed by atoms with Crippen LogP contribution in [0.5, 0.6) is 5.75 Å². The number of hydrogen-bond donors (Lipinski definition) is 2. The maximum absolute atomic E-state index is 12.1. The van der Waals surface area contributed by atoms with E-state index in [1.165, 1.54) is 11.8 Å². The Bertz CT molecular complexity index is 728. The Morgan fingerprint density at radius 3 is 2.36 bits per heavy atom. The number of nitrogens with zero attached hydrogens (tertiary/aromatic N) is 1. The van der Waals surface area contributed by atoms with E-state index in [2.05, 4.69) is 30.0 Å². The molecule has 0 aliphatic rings. The van der Waals surface area contributed by atoms with Crippen LogP contribution in [0.2, 0.25) is 0 Å². The maximum Gasteiger partial charge on any atom is 0.229 e. The molecular weight excluding hydrogens is 408 g/mol. The Morgan fingerprint density at radius 2 is 1.75 bits per heavy atom. The summed E-state index contributed by atoms with van der Waals surface area (Å²) in [6.45, 7) is 13.8. The van der Waals surface area contributed by atoms with Gasteiger partial charge in [0.05, 0.1) is 16.5 Å². The monoisotopic (exact) mass is 436 g/mol. The van der Waals surface area contributed by atoms with Crippen LogP contribution >= 0.6 is 35.3 Å². The fourth-order valence-corrected chi connectivity index (χ4v) is 4.71. The van der Waals surface area contributed by atoms with Gasteiger partial charge in [-0.25, -0.2) is 0 Å². The third-order valence-corrected chi connectivity index (χ3v) is 6.17. The number of aromatic hydroxyl groups is 1. The SMILES string of the molecule is C=C(C)S/C(CCSCCC(=C)SC(=C)NC(=O)Cc1ccc(O)cc1)=N\C. The van der Waals surface area contributed by atoms with E-state index in [4.69, 9.17) is 0 Å². The minimum absolute atomic E-state index is 0.133. The molecule has 1 aromatic carbocycles. The number of phenolic OH excluding ortho intramolecular Hbond substituents is 1. The first kappa shape index (κ1) is 24.5. The highest BCUT2D eigenvalue weighted by Crippen LogP contribution is 2.25. The summed E-state index contributed by atoms with van der Waals surface area (Å²) >= 11 is 4.90. The van der Waals surface area contributed by atoms with Gasteiger partial charge >= 0.3 is 0 Å². The lowest BCUT2D eigenvalue weighted by atomic mass is 10.1. The second-order valence-corrected chi connectivity index (χ2v) is 9.86. The summed E-state index contributed by atoms with van der Waals surface area (Å²) in [6, 6.07) is 6.59. The molecule has 0 aliphatic heterocycles. The number of carbonyl (C=O) groups is 1. The standard InChI is InChI=1S/C21H28N2O2S3/c1-15(2)27-21(22-5)11-13-26-12-10-16(3)28-17(4)23-20(25)14-18-6-8-19(24)9-7-18/h6-9,24H,1,3-4,10-14H2,2,5H3,(H,23,25)/b22-21-. The molecular formula is C21H28N2O2S3. The topological polar surface area (TPSA) is 61.7 Å². The molecule has 0 aliphatic carbocycles. The third kappa shape index (κ3) is 11.3. The Morgan fingerprint density at radius 1 is 1.11 bits per heavy atom. The Hall–Kier alpha value is -1.57. The summed E-state index contributed by atoms with van der Waals surface area (Å²) in [5.74, 6) is 2.03. The normalized spacial score (nSPS) is 11.1. The van der Waals surface area contributed by atoms with Crippen molar-refractivity contribution >= 4 is 46.2 Å². The Labute approximate surface area is 181 Å². The first-order chi connectivity index (χ1) is 13.3. The largest absolute Gasteiger partial charge is 0.508 e. The summed E-state index contributed by atoms with van der Waals surface area (Å²) in [7, 11) is 1.82. The van der Waals surface area contributed by atoms with Gasteiger partial charge in [-0.2, -0.15) is 11.8 Å². The van der Waals surface area contributed by atoms with Gasteiger partial charge in [-0.05, 0) is 52.4 Å². The summed E-state index contributed by atoms with van der Waals surface area (Å²) in [5.41, 5.74) is 0.836. The first-order valence-corrected chi connectivity index (χ1v) is 11.6. The highest BCUT2D eigenvalue weighted by molar-refractivity contribution is 8.17. The number of allylic oxidation sites excluding steroid dienone is 2. The number of aliphatic imine (C=N–C) groups is 1. The van der Waals surface area contributed by atoms with E-state index in [1.54, 1.807) is 36.0 Å². The van der Waals surface area contributed by atoms with Crippen LogP contribution in [0, 0.1) is 0 Å². The van der Waals surface area contributed by atoms with Gasteiger partial charge in [-0.1, -0.05) is 55.4 Å². The molecule has 0 saturated carbocycles. The second-order valence-electron chi connectivity index (χ2n) is 5.99. The summed E-state index contributed by atoms with van der Waals surface area (Å²) in [6.07, 6.45) is 2.04. The van der Waals surface area contributed by atoms with Gasteiger partial charge in [0.2, 0.25) is 5.91 Å². The molecule has 0 radical (unpaired) electrons. The van der Waals surface area contributed by atoms with E-state index in [0.717, 1.165) is 44.8 Å². The average molecular weight is 437 g/mol. The van der Waals surface area contributed by atoms with Crippen molar-refractivity contribution in [2.24, 2.45) is 4.99 Å². The fourth-order valence-electron chi connectivity index (χ4n) is 2.11. The van der Waals surface area contributed by atoms with E-state index < -0.39 is 0 Å². The number of thioether (sulfide) groups is 3. The van der Waals surface area contributed by atoms with Crippen molar-refractivity contribution in [1.82, 2.24) is 5.32 Å². The molecule has 1 aromatic rings. The average Bonchev–Trinajstić information content (AvgIpc) is 2.61. The molecule has 7 heteroatoms. The second kappa shape index (κ2) is 13.6. The van der Waals surface area contributed by atoms with Crippen LogP contribution in [0.15, 0.2) is 63.8 Å². The van der Waals surface area contributed by atoms with Gasteiger partial charge in [0.1, 0.15) is 5.75 Å². The Balaban J connectivity index is 2.20. The van der Waals surface area contributed by atoms with E-state index in [-0.39, 0.29) is 18.1 Å². The van der Waals surface area contributed by atoms with Gasteiger partial charge in [0.25, 0.3) is 0 Å². The lowest BCUT2D eigenvalue weighted by Crippen LogP contribution is -2.22. The molecule has 28 heavy (non-hydrogen) atoms. The van der Waals surface area contributed by atoms with Crippen LogP contribution in [0.3, 0.4) is 0 Å². The van der Waals surface area contributed by atoms with Crippen LogP contribution in [-0.2, 0) is 11.2 Å². The molecule has 1 rings (SSSR count). The van der Waals surface area contributed by atoms with Crippen molar-refractivity contribution in [3.8, 4) is 5.75 Å². The lowest BCUT2D eigenvalue weighted by molar-refractivity contribution is -0.119. The molecule has 4 nitrogen and oxygen atoms in total. The lowest BCUT2D eigenvalue weighted by Gasteiger charge is -2.10. The van der Waals surface area contributed by atoms with Gasteiger partial charge in [0.15, 0.2) is 0 Å². The zero-order valence-electron chi connectivity index (χ0n) is 16.5. The summed E-state index contributed by atoms with van der Waals surface area (Å²) in [5, 5.41) is 13.8. The van der Waals surface area contributed by atoms with E-state index in [0.29, 0.717) is 5.03 Å². The zero-order valence-corrected chi connectivity index (χ0v) is 18.9. The molecule has 152 valence electrons. The van der Waals surface area contributed by atoms with Gasteiger partial charge < -0.3 is 10.4 Å². The smallest absolute Gasteiger partial charge is 0.229 e. The predicted molar refractivity (Wildman–Crippen MR) is 128 cm³/mol. The first-order valence-electron chi connectivity index (χ1n) is 8.79. The predicted octanol–water partition coefficient (Wildman–Crippen LogP) is 5.58. The number of benzene rings is 1.